The van der Waals surface area contributed by atoms with Crippen molar-refractivity contribution in [2.24, 2.45) is 0 Å². The first-order valence-corrected chi connectivity index (χ1v) is 22.6. The first-order chi connectivity index (χ1) is 32.6. The Morgan fingerprint density at radius 2 is 0.682 bits per heavy atom. The highest BCUT2D eigenvalue weighted by Gasteiger charge is 2.54. The van der Waals surface area contributed by atoms with Crippen molar-refractivity contribution in [2.75, 3.05) is 20.3 Å². The predicted molar refractivity (Wildman–Crippen MR) is 247 cm³/mol. The molecule has 1 N–H and O–H groups in total. The van der Waals surface area contributed by atoms with Gasteiger partial charge in [0, 0.05) is 7.11 Å². The third-order valence-electron chi connectivity index (χ3n) is 11.7. The smallest absolute Gasteiger partial charge is 0.187 e. The average Bonchev–Trinajstić information content (AvgIpc) is 3.38. The quantitative estimate of drug-likeness (QED) is 0.0668. The van der Waals surface area contributed by atoms with Crippen LogP contribution in [-0.4, -0.2) is 86.8 Å². The molecule has 346 valence electrons. The molecule has 2 aliphatic heterocycles. The summed E-state index contributed by atoms with van der Waals surface area (Å²) in [7, 11) is 1.55. The highest BCUT2D eigenvalue weighted by Crippen LogP contribution is 2.36. The molecule has 0 spiro atoms. The van der Waals surface area contributed by atoms with E-state index in [1.807, 2.05) is 182 Å². The third-order valence-corrected chi connectivity index (χ3v) is 11.7. The summed E-state index contributed by atoms with van der Waals surface area (Å²) in [6.07, 6.45) is -8.55. The lowest BCUT2D eigenvalue weighted by Crippen LogP contribution is -2.66. The van der Waals surface area contributed by atoms with Crippen LogP contribution in [0.25, 0.3) is 0 Å². The Balaban J connectivity index is 1.17. The summed E-state index contributed by atoms with van der Waals surface area (Å²) in [4.78, 5) is 0. The van der Waals surface area contributed by atoms with Gasteiger partial charge in [0.05, 0.1) is 52.9 Å². The Hall–Kier alpha value is -5.12. The van der Waals surface area contributed by atoms with E-state index in [4.69, 9.17) is 47.4 Å². The van der Waals surface area contributed by atoms with Gasteiger partial charge in [0.15, 0.2) is 12.6 Å². The van der Waals surface area contributed by atoms with Crippen LogP contribution < -0.4 is 0 Å². The van der Waals surface area contributed by atoms with Crippen molar-refractivity contribution in [3.05, 3.63) is 215 Å². The van der Waals surface area contributed by atoms with Gasteiger partial charge in [-0.15, -0.1) is 0 Å². The van der Waals surface area contributed by atoms with Gasteiger partial charge in [-0.3, -0.25) is 0 Å². The molecule has 0 radical (unpaired) electrons. The third kappa shape index (κ3) is 13.3. The van der Waals surface area contributed by atoms with Crippen LogP contribution >= 0.6 is 0 Å². The second-order valence-electron chi connectivity index (χ2n) is 16.4. The predicted octanol–water partition coefficient (Wildman–Crippen LogP) is 8.60. The molecule has 0 amide bonds. The zero-order valence-corrected chi connectivity index (χ0v) is 37.3. The SMILES string of the molecule is CO[C@H]1O[C@H](CO)[C@H](O[C@@H]2O[C@H](COCc3ccccc3)[C@H](OCc3ccccc3)[C@H](OCc3ccccc3)[C@H]2OCc2ccccc2)[C@H](OCc2ccccc2)[C@H]1OCc1ccccc1. The van der Waals surface area contributed by atoms with Crippen molar-refractivity contribution >= 4 is 0 Å². The van der Waals surface area contributed by atoms with Gasteiger partial charge in [-0.2, -0.15) is 0 Å². The number of ether oxygens (including phenoxy) is 10. The summed E-state index contributed by atoms with van der Waals surface area (Å²) in [6.45, 7) is 1.29. The van der Waals surface area contributed by atoms with Crippen LogP contribution in [-0.2, 0) is 87.0 Å². The van der Waals surface area contributed by atoms with Gasteiger partial charge in [-0.25, -0.2) is 0 Å². The monoisotopic (exact) mass is 896 g/mol. The van der Waals surface area contributed by atoms with Crippen LogP contribution in [0, 0.1) is 0 Å². The summed E-state index contributed by atoms with van der Waals surface area (Å²) in [5.41, 5.74) is 5.83. The molecule has 11 nitrogen and oxygen atoms in total. The van der Waals surface area contributed by atoms with E-state index in [0.29, 0.717) is 6.61 Å². The maximum absolute atomic E-state index is 11.1. The number of hydrogen-bond acceptors (Lipinski definition) is 11. The lowest BCUT2D eigenvalue weighted by atomic mass is 9.95. The minimum absolute atomic E-state index is 0.137. The van der Waals surface area contributed by atoms with E-state index in [1.54, 1.807) is 7.11 Å². The first kappa shape index (κ1) is 47.4. The van der Waals surface area contributed by atoms with E-state index < -0.39 is 68.0 Å². The zero-order valence-electron chi connectivity index (χ0n) is 37.3. The summed E-state index contributed by atoms with van der Waals surface area (Å²) >= 11 is 0. The number of benzene rings is 6. The van der Waals surface area contributed by atoms with Crippen LogP contribution in [0.4, 0.5) is 0 Å². The summed E-state index contributed by atoms with van der Waals surface area (Å²) in [5.74, 6) is 0. The fourth-order valence-electron chi connectivity index (χ4n) is 8.29. The van der Waals surface area contributed by atoms with Gasteiger partial charge >= 0.3 is 0 Å². The first-order valence-electron chi connectivity index (χ1n) is 22.6. The molecule has 0 aromatic heterocycles. The van der Waals surface area contributed by atoms with Crippen molar-refractivity contribution in [1.29, 1.82) is 0 Å². The van der Waals surface area contributed by atoms with Gasteiger partial charge in [0.1, 0.15) is 48.8 Å². The largest absolute Gasteiger partial charge is 0.394 e. The molecular weight excluding hydrogens is 837 g/mol. The molecule has 0 aliphatic carbocycles. The molecular formula is C55H60O11. The lowest BCUT2D eigenvalue weighted by Gasteiger charge is -2.50. The van der Waals surface area contributed by atoms with Gasteiger partial charge in [0.2, 0.25) is 0 Å². The number of rotatable bonds is 23. The van der Waals surface area contributed by atoms with Gasteiger partial charge < -0.3 is 52.5 Å². The molecule has 0 saturated carbocycles. The van der Waals surface area contributed by atoms with Crippen molar-refractivity contribution < 1.29 is 52.5 Å². The Bertz CT molecular complexity index is 2220. The van der Waals surface area contributed by atoms with Crippen molar-refractivity contribution in [1.82, 2.24) is 0 Å². The second-order valence-corrected chi connectivity index (χ2v) is 16.4. The molecule has 2 fully saturated rings. The molecule has 8 rings (SSSR count). The zero-order chi connectivity index (χ0) is 45.2. The number of aliphatic hydroxyl groups is 1. The molecule has 0 bridgehead atoms. The van der Waals surface area contributed by atoms with Gasteiger partial charge in [-0.1, -0.05) is 182 Å². The van der Waals surface area contributed by atoms with Crippen molar-refractivity contribution in [3.8, 4) is 0 Å². The molecule has 2 saturated heterocycles. The summed E-state index contributed by atoms with van der Waals surface area (Å²) < 4.78 is 67.5. The van der Waals surface area contributed by atoms with E-state index >= 15 is 0 Å². The fourth-order valence-corrected chi connectivity index (χ4v) is 8.29. The minimum atomic E-state index is -1.12. The van der Waals surface area contributed by atoms with Gasteiger partial charge in [-0.05, 0) is 33.4 Å². The second kappa shape index (κ2) is 25.1. The van der Waals surface area contributed by atoms with Crippen molar-refractivity contribution in [3.63, 3.8) is 0 Å². The highest BCUT2D eigenvalue weighted by atomic mass is 16.8. The van der Waals surface area contributed by atoms with Gasteiger partial charge in [0.25, 0.3) is 0 Å². The number of aliphatic hydroxyl groups excluding tert-OH is 1. The van der Waals surface area contributed by atoms with E-state index in [-0.39, 0.29) is 39.6 Å². The topological polar surface area (TPSA) is 113 Å². The van der Waals surface area contributed by atoms with Crippen LogP contribution in [0.3, 0.4) is 0 Å². The van der Waals surface area contributed by atoms with E-state index in [1.165, 1.54) is 0 Å². The number of hydrogen-bond donors (Lipinski definition) is 1. The minimum Gasteiger partial charge on any atom is -0.394 e. The molecule has 2 aliphatic rings. The Labute approximate surface area is 388 Å². The average molecular weight is 897 g/mol. The van der Waals surface area contributed by atoms with Crippen LogP contribution in [0.15, 0.2) is 182 Å². The maximum atomic E-state index is 11.1. The Kier molecular flexibility index (Phi) is 18.0. The molecule has 2 heterocycles. The summed E-state index contributed by atoms with van der Waals surface area (Å²) in [5, 5.41) is 11.1. The molecule has 6 aromatic carbocycles. The molecule has 66 heavy (non-hydrogen) atoms. The number of methoxy groups -OCH3 is 1. The molecule has 0 unspecified atom stereocenters. The van der Waals surface area contributed by atoms with E-state index in [9.17, 15) is 5.11 Å². The molecule has 10 atom stereocenters. The fraction of sp³-hybridized carbons (Fsp3) is 0.345. The summed E-state index contributed by atoms with van der Waals surface area (Å²) in [6, 6.07) is 59.7. The molecule has 6 aromatic rings. The molecule has 11 heteroatoms. The Morgan fingerprint density at radius 3 is 1.06 bits per heavy atom. The van der Waals surface area contributed by atoms with E-state index in [0.717, 1.165) is 33.4 Å². The normalized spacial score (nSPS) is 25.4. The Morgan fingerprint density at radius 1 is 0.364 bits per heavy atom. The van der Waals surface area contributed by atoms with E-state index in [2.05, 4.69) is 0 Å². The van der Waals surface area contributed by atoms with Crippen LogP contribution in [0.2, 0.25) is 0 Å². The van der Waals surface area contributed by atoms with Crippen LogP contribution in [0.5, 0.6) is 0 Å². The standard InChI is InChI=1S/C55H60O11/c1-57-54-52(62-37-44-28-16-6-17-29-44)51(61-36-43-26-14-5-15-27-43)49(46(32-56)64-54)66-55-53(63-38-45-30-18-7-19-31-45)50(60-35-42-24-12-4-13-25-42)48(59-34-41-22-10-3-11-23-41)47(65-55)39-58-33-40-20-8-2-9-21-40/h2-31,46-56H,32-39H2,1H3/t46-,47-,48+,49+,50+,51+,52-,53-,54+,55+/m1/s1. The highest BCUT2D eigenvalue weighted by molar-refractivity contribution is 5.18. The maximum Gasteiger partial charge on any atom is 0.187 e. The lowest BCUT2D eigenvalue weighted by molar-refractivity contribution is -0.375. The van der Waals surface area contributed by atoms with Crippen LogP contribution in [0.1, 0.15) is 33.4 Å². The van der Waals surface area contributed by atoms with Crippen molar-refractivity contribution in [2.45, 2.75) is 101 Å².